The molecule has 1 N–H and O–H groups in total. The van der Waals surface area contributed by atoms with Crippen molar-refractivity contribution in [3.8, 4) is 33.3 Å². The predicted octanol–water partition coefficient (Wildman–Crippen LogP) is 6.31. The second-order valence-corrected chi connectivity index (χ2v) is 11.4. The number of hydrogen-bond donors (Lipinski definition) is 1. The van der Waals surface area contributed by atoms with Crippen LogP contribution in [0.25, 0.3) is 27.5 Å². The number of anilines is 1. The van der Waals surface area contributed by atoms with Gasteiger partial charge in [-0.1, -0.05) is 66.2 Å². The number of benzene rings is 3. The molecular weight excluding hydrogens is 528 g/mol. The molecule has 0 aliphatic rings. The molecule has 2 aromatic heterocycles. The lowest BCUT2D eigenvalue weighted by Crippen LogP contribution is -2.21. The summed E-state index contributed by atoms with van der Waals surface area (Å²) in [5.41, 5.74) is 3.45. The third-order valence-corrected chi connectivity index (χ3v) is 8.10. The molecule has 5 rings (SSSR count). The lowest BCUT2D eigenvalue weighted by Gasteiger charge is -2.16. The Labute approximate surface area is 224 Å². The van der Waals surface area contributed by atoms with Gasteiger partial charge in [0.05, 0.1) is 23.4 Å². The molecule has 0 atom stereocenters. The number of halogens is 1. The van der Waals surface area contributed by atoms with Crippen LogP contribution >= 0.6 is 22.9 Å². The van der Waals surface area contributed by atoms with Gasteiger partial charge in [-0.3, -0.25) is 9.29 Å². The highest BCUT2D eigenvalue weighted by Gasteiger charge is 2.23. The second kappa shape index (κ2) is 10.8. The first-order chi connectivity index (χ1) is 17.9. The number of rotatable bonds is 9. The summed E-state index contributed by atoms with van der Waals surface area (Å²) in [5.74, 6) is 1.02. The van der Waals surface area contributed by atoms with Crippen molar-refractivity contribution in [2.24, 2.45) is 0 Å². The highest BCUT2D eigenvalue weighted by Crippen LogP contribution is 2.35. The molecule has 0 amide bonds. The Morgan fingerprint density at radius 2 is 1.73 bits per heavy atom. The van der Waals surface area contributed by atoms with Gasteiger partial charge in [0.15, 0.2) is 5.82 Å². The van der Waals surface area contributed by atoms with Crippen molar-refractivity contribution in [3.05, 3.63) is 101 Å². The SMILES string of the molecule is COc1ccc(-c2ccccc2)cc1-n1c(NS(=O)(=O)CCc2ccc(Cl)cc2)nnc1-c1cccs1. The summed E-state index contributed by atoms with van der Waals surface area (Å²) >= 11 is 7.43. The van der Waals surface area contributed by atoms with Crippen molar-refractivity contribution < 1.29 is 13.2 Å². The molecule has 3 aromatic carbocycles. The molecule has 0 aliphatic carbocycles. The summed E-state index contributed by atoms with van der Waals surface area (Å²) in [6.45, 7) is 0. The third kappa shape index (κ3) is 5.69. The topological polar surface area (TPSA) is 86.1 Å². The van der Waals surface area contributed by atoms with Crippen LogP contribution < -0.4 is 9.46 Å². The largest absolute Gasteiger partial charge is 0.495 e. The molecule has 0 bridgehead atoms. The van der Waals surface area contributed by atoms with Gasteiger partial charge in [-0.25, -0.2) is 8.42 Å². The van der Waals surface area contributed by atoms with Crippen molar-refractivity contribution >= 4 is 38.9 Å². The van der Waals surface area contributed by atoms with E-state index in [1.165, 1.54) is 11.3 Å². The van der Waals surface area contributed by atoms with Crippen molar-refractivity contribution in [2.45, 2.75) is 6.42 Å². The average molecular weight is 551 g/mol. The van der Waals surface area contributed by atoms with E-state index in [2.05, 4.69) is 14.9 Å². The highest BCUT2D eigenvalue weighted by molar-refractivity contribution is 7.92. The lowest BCUT2D eigenvalue weighted by molar-refractivity contribution is 0.413. The van der Waals surface area contributed by atoms with Gasteiger partial charge in [-0.15, -0.1) is 21.5 Å². The van der Waals surface area contributed by atoms with Crippen LogP contribution in [-0.2, 0) is 16.4 Å². The minimum Gasteiger partial charge on any atom is -0.495 e. The Morgan fingerprint density at radius 3 is 2.43 bits per heavy atom. The van der Waals surface area contributed by atoms with Crippen molar-refractivity contribution in [1.82, 2.24) is 14.8 Å². The van der Waals surface area contributed by atoms with Gasteiger partial charge in [0.25, 0.3) is 0 Å². The van der Waals surface area contributed by atoms with Gasteiger partial charge in [0, 0.05) is 5.02 Å². The summed E-state index contributed by atoms with van der Waals surface area (Å²) in [5, 5.41) is 11.1. The van der Waals surface area contributed by atoms with Gasteiger partial charge in [-0.2, -0.15) is 0 Å². The zero-order valence-corrected chi connectivity index (χ0v) is 22.2. The van der Waals surface area contributed by atoms with Crippen LogP contribution in [0.15, 0.2) is 90.3 Å². The quantitative estimate of drug-likeness (QED) is 0.232. The zero-order chi connectivity index (χ0) is 25.8. The van der Waals surface area contributed by atoms with Gasteiger partial charge < -0.3 is 4.74 Å². The van der Waals surface area contributed by atoms with Crippen LogP contribution in [0.2, 0.25) is 5.02 Å². The minimum atomic E-state index is -3.75. The van der Waals surface area contributed by atoms with Crippen LogP contribution in [0.4, 0.5) is 5.95 Å². The van der Waals surface area contributed by atoms with Crippen molar-refractivity contribution in [2.75, 3.05) is 17.6 Å². The molecule has 5 aromatic rings. The maximum absolute atomic E-state index is 13.1. The highest BCUT2D eigenvalue weighted by atomic mass is 35.5. The van der Waals surface area contributed by atoms with E-state index in [9.17, 15) is 8.42 Å². The fraction of sp³-hybridized carbons (Fsp3) is 0.111. The molecule has 10 heteroatoms. The molecule has 0 fully saturated rings. The molecule has 0 aliphatic heterocycles. The monoisotopic (exact) mass is 550 g/mol. The lowest BCUT2D eigenvalue weighted by atomic mass is 10.0. The van der Waals surface area contributed by atoms with Crippen LogP contribution in [0.3, 0.4) is 0 Å². The fourth-order valence-corrected chi connectivity index (χ4v) is 5.75. The number of nitrogens with zero attached hydrogens (tertiary/aromatic N) is 3. The predicted molar refractivity (Wildman–Crippen MR) is 149 cm³/mol. The van der Waals surface area contributed by atoms with Crippen LogP contribution in [0, 0.1) is 0 Å². The molecular formula is C27H23ClN4O3S2. The Balaban J connectivity index is 1.55. The Hall–Kier alpha value is -3.66. The normalized spacial score (nSPS) is 11.4. The second-order valence-electron chi connectivity index (χ2n) is 8.21. The smallest absolute Gasteiger partial charge is 0.243 e. The first kappa shape index (κ1) is 25.0. The summed E-state index contributed by atoms with van der Waals surface area (Å²) in [7, 11) is -2.18. The molecule has 0 spiro atoms. The first-order valence-corrected chi connectivity index (χ1v) is 14.3. The molecule has 0 saturated carbocycles. The fourth-order valence-electron chi connectivity index (χ4n) is 3.91. The van der Waals surface area contributed by atoms with Gasteiger partial charge in [0.1, 0.15) is 5.75 Å². The summed E-state index contributed by atoms with van der Waals surface area (Å²) in [6.07, 6.45) is 0.325. The van der Waals surface area contributed by atoms with Crippen LogP contribution in [0.5, 0.6) is 5.75 Å². The summed E-state index contributed by atoms with van der Waals surface area (Å²) in [6, 6.07) is 26.6. The number of aromatic nitrogens is 3. The van der Waals surface area contributed by atoms with Crippen molar-refractivity contribution in [1.29, 1.82) is 0 Å². The summed E-state index contributed by atoms with van der Waals surface area (Å²) < 4.78 is 36.2. The van der Waals surface area contributed by atoms with Crippen molar-refractivity contribution in [3.63, 3.8) is 0 Å². The molecule has 2 heterocycles. The summed E-state index contributed by atoms with van der Waals surface area (Å²) in [4.78, 5) is 0.839. The molecule has 0 unspecified atom stereocenters. The maximum Gasteiger partial charge on any atom is 0.243 e. The molecule has 0 saturated heterocycles. The standard InChI is InChI=1S/C27H23ClN4O3S2/c1-35-24-14-11-21(20-6-3-2-4-7-20)18-23(24)32-26(25-8-5-16-36-25)29-30-27(32)31-37(33,34)17-15-19-9-12-22(28)13-10-19/h2-14,16,18H,15,17H2,1H3,(H,30,31). The van der Waals surface area contributed by atoms with E-state index in [1.54, 1.807) is 23.8 Å². The van der Waals surface area contributed by atoms with Crippen LogP contribution in [0.1, 0.15) is 5.56 Å². The van der Waals surface area contributed by atoms with E-state index in [4.69, 9.17) is 16.3 Å². The third-order valence-electron chi connectivity index (χ3n) is 5.75. The van der Waals surface area contributed by atoms with E-state index in [0.29, 0.717) is 28.7 Å². The number of thiophene rings is 1. The van der Waals surface area contributed by atoms with Crippen LogP contribution in [-0.4, -0.2) is 36.0 Å². The number of methoxy groups -OCH3 is 1. The minimum absolute atomic E-state index is 0.0861. The molecule has 37 heavy (non-hydrogen) atoms. The van der Waals surface area contributed by atoms with E-state index in [0.717, 1.165) is 21.6 Å². The molecule has 188 valence electrons. The number of nitrogens with one attached hydrogen (secondary N) is 1. The number of hydrogen-bond acceptors (Lipinski definition) is 6. The van der Waals surface area contributed by atoms with E-state index in [1.807, 2.05) is 78.2 Å². The van der Waals surface area contributed by atoms with Gasteiger partial charge >= 0.3 is 0 Å². The maximum atomic E-state index is 13.1. The Kier molecular flexibility index (Phi) is 7.27. The molecule has 0 radical (unpaired) electrons. The van der Waals surface area contributed by atoms with E-state index < -0.39 is 10.0 Å². The average Bonchev–Trinajstić information content (AvgIpc) is 3.58. The Morgan fingerprint density at radius 1 is 0.946 bits per heavy atom. The Bertz CT molecular complexity index is 1600. The number of ether oxygens (including phenoxy) is 1. The zero-order valence-electron chi connectivity index (χ0n) is 19.8. The number of sulfonamides is 1. The molecule has 7 nitrogen and oxygen atoms in total. The van der Waals surface area contributed by atoms with E-state index >= 15 is 0 Å². The van der Waals surface area contributed by atoms with Gasteiger partial charge in [0.2, 0.25) is 16.0 Å². The number of aryl methyl sites for hydroxylation is 1. The van der Waals surface area contributed by atoms with E-state index in [-0.39, 0.29) is 11.7 Å². The van der Waals surface area contributed by atoms with Gasteiger partial charge in [-0.05, 0) is 58.8 Å². The first-order valence-electron chi connectivity index (χ1n) is 11.4.